The fourth-order valence-corrected chi connectivity index (χ4v) is 1.44. The maximum atomic E-state index is 11.2. The number of aliphatic carboxylic acids is 1. The van der Waals surface area contributed by atoms with Gasteiger partial charge in [0.25, 0.3) is 0 Å². The molecule has 6 nitrogen and oxygen atoms in total. The van der Waals surface area contributed by atoms with Crippen molar-refractivity contribution in [3.8, 4) is 0 Å². The predicted octanol–water partition coefficient (Wildman–Crippen LogP) is 1.25. The van der Waals surface area contributed by atoms with Crippen LogP contribution < -0.4 is 5.32 Å². The summed E-state index contributed by atoms with van der Waals surface area (Å²) >= 11 is 0.875. The summed E-state index contributed by atoms with van der Waals surface area (Å²) in [6.07, 6.45) is -0.743. The molecule has 0 saturated carbocycles. The highest BCUT2D eigenvalue weighted by molar-refractivity contribution is 8.13. The number of alkyl carbamates (subject to hydrolysis) is 1. The van der Waals surface area contributed by atoms with Crippen molar-refractivity contribution in [3.05, 3.63) is 0 Å². The quantitative estimate of drug-likeness (QED) is 0.775. The number of hydrogen-bond donors (Lipinski definition) is 2. The minimum Gasteiger partial charge on any atom is -0.481 e. The molecule has 0 radical (unpaired) electrons. The summed E-state index contributed by atoms with van der Waals surface area (Å²) in [6, 6.07) is 0. The van der Waals surface area contributed by atoms with E-state index in [-0.39, 0.29) is 23.8 Å². The summed E-state index contributed by atoms with van der Waals surface area (Å²) in [5.41, 5.74) is -0.608. The van der Waals surface area contributed by atoms with Crippen LogP contribution in [0.2, 0.25) is 0 Å². The van der Waals surface area contributed by atoms with Gasteiger partial charge in [-0.1, -0.05) is 11.8 Å². The zero-order valence-corrected chi connectivity index (χ0v) is 10.9. The van der Waals surface area contributed by atoms with Crippen molar-refractivity contribution in [1.82, 2.24) is 5.32 Å². The third-order valence-electron chi connectivity index (χ3n) is 1.35. The number of rotatable bonds is 5. The first-order valence-corrected chi connectivity index (χ1v) is 6.03. The number of amides is 1. The van der Waals surface area contributed by atoms with E-state index in [1.165, 1.54) is 0 Å². The summed E-state index contributed by atoms with van der Waals surface area (Å²) < 4.78 is 4.93. The van der Waals surface area contributed by atoms with Crippen LogP contribution in [0.1, 0.15) is 27.2 Å². The highest BCUT2D eigenvalue weighted by Crippen LogP contribution is 2.07. The van der Waals surface area contributed by atoms with Gasteiger partial charge in [-0.15, -0.1) is 0 Å². The van der Waals surface area contributed by atoms with Crippen molar-refractivity contribution in [2.45, 2.75) is 32.8 Å². The Bertz CT molecular complexity index is 298. The largest absolute Gasteiger partial charge is 0.481 e. The first-order valence-electron chi connectivity index (χ1n) is 5.05. The lowest BCUT2D eigenvalue weighted by Gasteiger charge is -2.19. The van der Waals surface area contributed by atoms with Gasteiger partial charge in [0.2, 0.25) is 5.12 Å². The van der Waals surface area contributed by atoms with Crippen LogP contribution in [-0.2, 0) is 14.3 Å². The van der Waals surface area contributed by atoms with Gasteiger partial charge in [0.05, 0.1) is 13.0 Å². The number of carboxylic acids is 1. The maximum Gasteiger partial charge on any atom is 0.408 e. The number of ether oxygens (including phenoxy) is 1. The van der Waals surface area contributed by atoms with Crippen LogP contribution in [0.4, 0.5) is 4.79 Å². The first kappa shape index (κ1) is 15.8. The summed E-state index contributed by atoms with van der Waals surface area (Å²) in [7, 11) is 0. The SMILES string of the molecule is CC(C)(C)OC(=O)NCC(=O)SCCC(=O)O. The van der Waals surface area contributed by atoms with Crippen molar-refractivity contribution < 1.29 is 24.2 Å². The summed E-state index contributed by atoms with van der Waals surface area (Å²) in [4.78, 5) is 32.5. The zero-order valence-electron chi connectivity index (χ0n) is 10.1. The smallest absolute Gasteiger partial charge is 0.408 e. The van der Waals surface area contributed by atoms with E-state index in [9.17, 15) is 14.4 Å². The number of hydrogen-bond acceptors (Lipinski definition) is 5. The fourth-order valence-electron chi connectivity index (χ4n) is 0.762. The fraction of sp³-hybridized carbons (Fsp3) is 0.700. The molecule has 0 saturated heterocycles. The molecule has 0 aliphatic rings. The van der Waals surface area contributed by atoms with Gasteiger partial charge < -0.3 is 15.2 Å². The van der Waals surface area contributed by atoms with Crippen molar-refractivity contribution in [2.24, 2.45) is 0 Å². The monoisotopic (exact) mass is 263 g/mol. The van der Waals surface area contributed by atoms with Gasteiger partial charge in [0.1, 0.15) is 5.60 Å². The lowest BCUT2D eigenvalue weighted by atomic mass is 10.2. The van der Waals surface area contributed by atoms with Crippen LogP contribution in [0, 0.1) is 0 Å². The second-order valence-electron chi connectivity index (χ2n) is 4.22. The van der Waals surface area contributed by atoms with E-state index >= 15 is 0 Å². The number of nitrogens with one attached hydrogen (secondary N) is 1. The Hall–Kier alpha value is -1.24. The molecule has 98 valence electrons. The minimum absolute atomic E-state index is 0.0805. The van der Waals surface area contributed by atoms with Gasteiger partial charge in [-0.2, -0.15) is 0 Å². The molecule has 0 unspecified atom stereocenters. The van der Waals surface area contributed by atoms with E-state index in [0.717, 1.165) is 11.8 Å². The van der Waals surface area contributed by atoms with Crippen LogP contribution >= 0.6 is 11.8 Å². The molecule has 0 aromatic heterocycles. The molecule has 7 heteroatoms. The lowest BCUT2D eigenvalue weighted by Crippen LogP contribution is -2.34. The number of thioether (sulfide) groups is 1. The van der Waals surface area contributed by atoms with Gasteiger partial charge in [-0.3, -0.25) is 9.59 Å². The van der Waals surface area contributed by atoms with Crippen LogP contribution in [-0.4, -0.2) is 40.2 Å². The first-order chi connectivity index (χ1) is 7.70. The third-order valence-corrected chi connectivity index (χ3v) is 2.23. The van der Waals surface area contributed by atoms with Gasteiger partial charge >= 0.3 is 12.1 Å². The molecule has 0 aromatic carbocycles. The number of carbonyl (C=O) groups excluding carboxylic acids is 2. The van der Waals surface area contributed by atoms with Gasteiger partial charge in [0.15, 0.2) is 0 Å². The second-order valence-corrected chi connectivity index (χ2v) is 5.37. The third kappa shape index (κ3) is 11.0. The molecule has 0 fully saturated rings. The maximum absolute atomic E-state index is 11.2. The molecule has 0 heterocycles. The Labute approximate surface area is 104 Å². The Balaban J connectivity index is 3.70. The molecule has 1 amide bonds. The van der Waals surface area contributed by atoms with Crippen molar-refractivity contribution in [2.75, 3.05) is 12.3 Å². The normalized spacial score (nSPS) is 10.8. The topological polar surface area (TPSA) is 92.7 Å². The van der Waals surface area contributed by atoms with Crippen molar-refractivity contribution in [1.29, 1.82) is 0 Å². The lowest BCUT2D eigenvalue weighted by molar-refractivity contribution is -0.136. The van der Waals surface area contributed by atoms with Gasteiger partial charge in [-0.05, 0) is 20.8 Å². The standard InChI is InChI=1S/C10H17NO5S/c1-10(2,3)16-9(15)11-6-8(14)17-5-4-7(12)13/h4-6H2,1-3H3,(H,11,15)(H,12,13). The van der Waals surface area contributed by atoms with E-state index < -0.39 is 17.7 Å². The highest BCUT2D eigenvalue weighted by atomic mass is 32.2. The van der Waals surface area contributed by atoms with E-state index in [1.54, 1.807) is 20.8 Å². The number of carbonyl (C=O) groups is 3. The molecular weight excluding hydrogens is 246 g/mol. The van der Waals surface area contributed by atoms with Gasteiger partial charge in [0, 0.05) is 5.75 Å². The summed E-state index contributed by atoms with van der Waals surface area (Å²) in [6.45, 7) is 4.99. The molecule has 0 atom stereocenters. The summed E-state index contributed by atoms with van der Waals surface area (Å²) in [5.74, 6) is -0.755. The van der Waals surface area contributed by atoms with E-state index in [4.69, 9.17) is 9.84 Å². The van der Waals surface area contributed by atoms with Crippen molar-refractivity contribution >= 4 is 28.9 Å². The molecule has 0 aromatic rings. The highest BCUT2D eigenvalue weighted by Gasteiger charge is 2.16. The van der Waals surface area contributed by atoms with E-state index in [0.29, 0.717) is 0 Å². The van der Waals surface area contributed by atoms with Crippen LogP contribution in [0.25, 0.3) is 0 Å². The molecule has 0 rings (SSSR count). The van der Waals surface area contributed by atoms with Crippen LogP contribution in [0.15, 0.2) is 0 Å². The molecule has 0 aliphatic carbocycles. The average molecular weight is 263 g/mol. The second kappa shape index (κ2) is 7.16. The van der Waals surface area contributed by atoms with Gasteiger partial charge in [-0.25, -0.2) is 4.79 Å². The number of carboxylic acid groups (broad SMARTS) is 1. The Morgan fingerprint density at radius 2 is 1.88 bits per heavy atom. The molecule has 0 aliphatic heterocycles. The van der Waals surface area contributed by atoms with Crippen LogP contribution in [0.3, 0.4) is 0 Å². The average Bonchev–Trinajstić information content (AvgIpc) is 2.11. The predicted molar refractivity (Wildman–Crippen MR) is 64.0 cm³/mol. The summed E-state index contributed by atoms with van der Waals surface area (Å²) in [5, 5.41) is 10.4. The Morgan fingerprint density at radius 3 is 2.35 bits per heavy atom. The van der Waals surface area contributed by atoms with E-state index in [2.05, 4.69) is 5.32 Å². The Kier molecular flexibility index (Phi) is 6.64. The van der Waals surface area contributed by atoms with Crippen molar-refractivity contribution in [3.63, 3.8) is 0 Å². The molecule has 17 heavy (non-hydrogen) atoms. The molecule has 0 spiro atoms. The minimum atomic E-state index is -0.953. The molecular formula is C10H17NO5S. The van der Waals surface area contributed by atoms with E-state index in [1.807, 2.05) is 0 Å². The molecule has 0 bridgehead atoms. The molecule has 2 N–H and O–H groups in total. The Morgan fingerprint density at radius 1 is 1.29 bits per heavy atom. The zero-order chi connectivity index (χ0) is 13.5. The van der Waals surface area contributed by atoms with Crippen LogP contribution in [0.5, 0.6) is 0 Å².